The highest BCUT2D eigenvalue weighted by atomic mass is 32.2. The molecule has 0 radical (unpaired) electrons. The fourth-order valence-electron chi connectivity index (χ4n) is 4.31. The summed E-state index contributed by atoms with van der Waals surface area (Å²) in [6.07, 6.45) is 0.324. The molecule has 184 valence electrons. The van der Waals surface area contributed by atoms with E-state index in [1.807, 2.05) is 37.3 Å². The van der Waals surface area contributed by atoms with Crippen LogP contribution in [0.25, 0.3) is 0 Å². The minimum absolute atomic E-state index is 0.0505. The van der Waals surface area contributed by atoms with Gasteiger partial charge in [0.1, 0.15) is 6.10 Å². The summed E-state index contributed by atoms with van der Waals surface area (Å²) in [5.41, 5.74) is 3.25. The van der Waals surface area contributed by atoms with Crippen molar-refractivity contribution in [3.8, 4) is 11.5 Å². The summed E-state index contributed by atoms with van der Waals surface area (Å²) in [6.45, 7) is 6.27. The zero-order valence-electron chi connectivity index (χ0n) is 19.5. The van der Waals surface area contributed by atoms with Crippen LogP contribution in [0.1, 0.15) is 53.9 Å². The molecule has 2 heterocycles. The number of hydrogen-bond acceptors (Lipinski definition) is 9. The Hall–Kier alpha value is -1.87. The number of thioether (sulfide) groups is 1. The molecule has 34 heavy (non-hydrogen) atoms. The largest absolute Gasteiger partial charge is 0.454 e. The van der Waals surface area contributed by atoms with Crippen LogP contribution in [0.15, 0.2) is 36.4 Å². The van der Waals surface area contributed by atoms with Gasteiger partial charge in [0.2, 0.25) is 6.79 Å². The molecule has 2 N–H and O–H groups in total. The van der Waals surface area contributed by atoms with Gasteiger partial charge >= 0.3 is 7.60 Å². The number of fused-ring (bicyclic) bond motifs is 2. The van der Waals surface area contributed by atoms with Crippen molar-refractivity contribution in [3.05, 3.63) is 58.7 Å². The summed E-state index contributed by atoms with van der Waals surface area (Å²) in [5.74, 6) is 7.06. The van der Waals surface area contributed by atoms with Crippen molar-refractivity contribution < 1.29 is 32.7 Å². The van der Waals surface area contributed by atoms with E-state index in [1.54, 1.807) is 31.7 Å². The van der Waals surface area contributed by atoms with E-state index < -0.39 is 13.7 Å². The van der Waals surface area contributed by atoms with Gasteiger partial charge in [-0.05, 0) is 56.0 Å². The van der Waals surface area contributed by atoms with E-state index in [-0.39, 0.29) is 29.2 Å². The van der Waals surface area contributed by atoms with Gasteiger partial charge in [0.05, 0.1) is 24.6 Å². The molecule has 10 heteroatoms. The van der Waals surface area contributed by atoms with Gasteiger partial charge in [0, 0.05) is 10.8 Å². The molecular weight excluding hydrogens is 477 g/mol. The van der Waals surface area contributed by atoms with E-state index in [0.29, 0.717) is 36.7 Å². The second-order valence-electron chi connectivity index (χ2n) is 8.15. The maximum atomic E-state index is 13.1. The normalized spacial score (nSPS) is 20.6. The van der Waals surface area contributed by atoms with Gasteiger partial charge in [-0.2, -0.15) is 0 Å². The van der Waals surface area contributed by atoms with Crippen molar-refractivity contribution in [3.63, 3.8) is 0 Å². The molecule has 0 aliphatic carbocycles. The van der Waals surface area contributed by atoms with E-state index in [4.69, 9.17) is 29.3 Å². The monoisotopic (exact) mass is 507 g/mol. The van der Waals surface area contributed by atoms with Crippen molar-refractivity contribution >= 4 is 25.1 Å². The molecule has 0 aromatic heterocycles. The third-order valence-electron chi connectivity index (χ3n) is 5.85. The Morgan fingerprint density at radius 2 is 1.76 bits per heavy atom. The fraction of sp³-hybridized carbons (Fsp3) is 0.458. The molecule has 0 spiro atoms. The Bertz CT molecular complexity index is 1070. The molecule has 4 rings (SSSR count). The van der Waals surface area contributed by atoms with E-state index >= 15 is 0 Å². The standard InChI is InChI=1S/C24H30NO7PS/c1-4-30-33(27,31-5-2)13-16-6-8-17(9-7-16)24(32-25)22-11-18-10-20-21(29-14-28-20)12-19(18)23(26)15(3)34-22/h6-10,12,15,22,24H,4-5,11,13-14,25H2,1-3H3/t15?,22?,24-/m0/s1. The Kier molecular flexibility index (Phi) is 8.02. The van der Waals surface area contributed by atoms with Crippen LogP contribution in [0.2, 0.25) is 0 Å². The summed E-state index contributed by atoms with van der Waals surface area (Å²) in [5, 5.41) is -0.374. The van der Waals surface area contributed by atoms with E-state index in [1.165, 1.54) is 0 Å². The van der Waals surface area contributed by atoms with Crippen LogP contribution >= 0.6 is 19.4 Å². The number of Topliss-reactive ketones (excluding diaryl/α,β-unsaturated/α-hetero) is 1. The van der Waals surface area contributed by atoms with Gasteiger partial charge in [0.15, 0.2) is 17.3 Å². The molecule has 2 aromatic rings. The summed E-state index contributed by atoms with van der Waals surface area (Å²) in [6, 6.07) is 11.3. The Morgan fingerprint density at radius 1 is 1.12 bits per heavy atom. The molecule has 0 amide bonds. The Labute approximate surface area is 203 Å². The van der Waals surface area contributed by atoms with Gasteiger partial charge in [-0.1, -0.05) is 24.3 Å². The molecule has 0 fully saturated rings. The second-order valence-corrected chi connectivity index (χ2v) is 11.8. The van der Waals surface area contributed by atoms with Gasteiger partial charge < -0.3 is 18.5 Å². The predicted molar refractivity (Wildman–Crippen MR) is 130 cm³/mol. The van der Waals surface area contributed by atoms with E-state index in [9.17, 15) is 9.36 Å². The third kappa shape index (κ3) is 5.35. The summed E-state index contributed by atoms with van der Waals surface area (Å²) in [7, 11) is -3.20. The first-order valence-electron chi connectivity index (χ1n) is 11.3. The van der Waals surface area contributed by atoms with Crippen molar-refractivity contribution in [1.82, 2.24) is 0 Å². The van der Waals surface area contributed by atoms with Crippen molar-refractivity contribution in [2.45, 2.75) is 50.0 Å². The maximum absolute atomic E-state index is 13.1. The molecule has 8 nitrogen and oxygen atoms in total. The summed E-state index contributed by atoms with van der Waals surface area (Å²) < 4.78 is 34.7. The zero-order chi connectivity index (χ0) is 24.3. The smallest absolute Gasteiger partial charge is 0.335 e. The first-order valence-corrected chi connectivity index (χ1v) is 14.0. The Balaban J connectivity index is 1.57. The average Bonchev–Trinajstić information content (AvgIpc) is 3.22. The highest BCUT2D eigenvalue weighted by Crippen LogP contribution is 2.51. The number of ketones is 1. The lowest BCUT2D eigenvalue weighted by Crippen LogP contribution is -2.25. The molecule has 2 aliphatic heterocycles. The maximum Gasteiger partial charge on any atom is 0.335 e. The number of carbonyl (C=O) groups excluding carboxylic acids is 1. The molecule has 0 saturated heterocycles. The lowest BCUT2D eigenvalue weighted by Gasteiger charge is -2.26. The van der Waals surface area contributed by atoms with Crippen molar-refractivity contribution in [2.24, 2.45) is 5.90 Å². The first-order chi connectivity index (χ1) is 16.4. The van der Waals surface area contributed by atoms with Gasteiger partial charge in [-0.25, -0.2) is 5.90 Å². The highest BCUT2D eigenvalue weighted by Gasteiger charge is 2.35. The van der Waals surface area contributed by atoms with Crippen molar-refractivity contribution in [1.29, 1.82) is 0 Å². The number of hydrogen-bond donors (Lipinski definition) is 1. The van der Waals surface area contributed by atoms with Crippen LogP contribution in [0, 0.1) is 0 Å². The molecule has 0 saturated carbocycles. The van der Waals surface area contributed by atoms with E-state index in [2.05, 4.69) is 0 Å². The summed E-state index contributed by atoms with van der Waals surface area (Å²) in [4.78, 5) is 18.5. The number of rotatable bonds is 9. The quantitative estimate of drug-likeness (QED) is 0.369. The SMILES string of the molecule is CCOP(=O)(Cc1ccc([C@H](ON)C2Cc3cc4c(cc3C(=O)C(C)S2)OCO4)cc1)OCC. The van der Waals surface area contributed by atoms with Crippen LogP contribution in [0.3, 0.4) is 0 Å². The molecular formula is C24H30NO7PS. The Morgan fingerprint density at radius 3 is 2.38 bits per heavy atom. The van der Waals surface area contributed by atoms with Gasteiger partial charge in [-0.3, -0.25) is 14.2 Å². The molecule has 2 aromatic carbocycles. The van der Waals surface area contributed by atoms with Crippen LogP contribution in [-0.4, -0.2) is 36.3 Å². The lowest BCUT2D eigenvalue weighted by molar-refractivity contribution is 0.0510. The van der Waals surface area contributed by atoms with Crippen LogP contribution in [0.4, 0.5) is 0 Å². The summed E-state index contributed by atoms with van der Waals surface area (Å²) >= 11 is 1.54. The second kappa shape index (κ2) is 10.8. The molecule has 2 unspecified atom stereocenters. The number of ether oxygens (including phenoxy) is 2. The lowest BCUT2D eigenvalue weighted by atomic mass is 9.94. The minimum Gasteiger partial charge on any atom is -0.454 e. The average molecular weight is 508 g/mol. The fourth-order valence-corrected chi connectivity index (χ4v) is 7.42. The van der Waals surface area contributed by atoms with Crippen molar-refractivity contribution in [2.75, 3.05) is 20.0 Å². The molecule has 0 bridgehead atoms. The zero-order valence-corrected chi connectivity index (χ0v) is 21.2. The number of carbonyl (C=O) groups is 1. The van der Waals surface area contributed by atoms with Gasteiger partial charge in [0.25, 0.3) is 0 Å². The topological polar surface area (TPSA) is 106 Å². The first kappa shape index (κ1) is 25.2. The number of nitrogens with two attached hydrogens (primary N) is 1. The molecule has 2 aliphatic rings. The highest BCUT2D eigenvalue weighted by molar-refractivity contribution is 8.01. The van der Waals surface area contributed by atoms with Gasteiger partial charge in [-0.15, -0.1) is 11.8 Å². The van der Waals surface area contributed by atoms with E-state index in [0.717, 1.165) is 16.7 Å². The van der Waals surface area contributed by atoms with Crippen LogP contribution < -0.4 is 15.4 Å². The number of benzene rings is 2. The predicted octanol–water partition coefficient (Wildman–Crippen LogP) is 5.04. The molecule has 3 atom stereocenters. The third-order valence-corrected chi connectivity index (χ3v) is 9.29. The van der Waals surface area contributed by atoms with Crippen LogP contribution in [0.5, 0.6) is 11.5 Å². The minimum atomic E-state index is -3.20. The van der Waals surface area contributed by atoms with Crippen LogP contribution in [-0.2, 0) is 31.0 Å².